The Labute approximate surface area is 386 Å². The zero-order valence-corrected chi connectivity index (χ0v) is 36.6. The summed E-state index contributed by atoms with van der Waals surface area (Å²) < 4.78 is 13.5. The molecule has 0 aliphatic heterocycles. The van der Waals surface area contributed by atoms with Crippen LogP contribution in [0.4, 0.5) is 34.1 Å². The van der Waals surface area contributed by atoms with Crippen LogP contribution >= 0.6 is 0 Å². The maximum atomic E-state index is 9.88. The average Bonchev–Trinajstić information content (AvgIpc) is 4.03. The Morgan fingerprint density at radius 3 is 1.33 bits per heavy atom. The summed E-state index contributed by atoms with van der Waals surface area (Å²) >= 11 is 0. The monoisotopic (exact) mass is 858 g/mol. The van der Waals surface area contributed by atoms with Crippen LogP contribution < -0.4 is 9.80 Å². The third-order valence-electron chi connectivity index (χ3n) is 13.9. The van der Waals surface area contributed by atoms with Crippen molar-refractivity contribution in [1.82, 2.24) is 0 Å². The number of nitriles is 2. The molecule has 314 valence electrons. The Kier molecular flexibility index (Phi) is 8.28. The van der Waals surface area contributed by atoms with E-state index in [-0.39, 0.29) is 0 Å². The number of hydrogen-bond acceptors (Lipinski definition) is 6. The highest BCUT2D eigenvalue weighted by Gasteiger charge is 2.41. The predicted molar refractivity (Wildman–Crippen MR) is 272 cm³/mol. The van der Waals surface area contributed by atoms with E-state index < -0.39 is 5.41 Å². The van der Waals surface area contributed by atoms with Crippen molar-refractivity contribution >= 4 is 99.5 Å². The molecule has 0 amide bonds. The van der Waals surface area contributed by atoms with Gasteiger partial charge < -0.3 is 18.6 Å². The Morgan fingerprint density at radius 2 is 0.821 bits per heavy atom. The number of anilines is 6. The molecule has 0 fully saturated rings. The van der Waals surface area contributed by atoms with Crippen molar-refractivity contribution in [2.45, 2.75) is 19.3 Å². The van der Waals surface area contributed by atoms with Gasteiger partial charge in [0.1, 0.15) is 11.2 Å². The molecule has 0 N–H and O–H groups in total. The van der Waals surface area contributed by atoms with Gasteiger partial charge in [-0.15, -0.1) is 0 Å². The fourth-order valence-corrected chi connectivity index (χ4v) is 10.9. The molecule has 2 aromatic heterocycles. The summed E-state index contributed by atoms with van der Waals surface area (Å²) in [5.74, 6) is 0. The van der Waals surface area contributed by atoms with E-state index in [0.29, 0.717) is 11.1 Å². The first-order valence-electron chi connectivity index (χ1n) is 22.5. The van der Waals surface area contributed by atoms with Crippen molar-refractivity contribution in [3.63, 3.8) is 0 Å². The zero-order chi connectivity index (χ0) is 45.0. The van der Waals surface area contributed by atoms with E-state index in [1.54, 1.807) is 0 Å². The molecular formula is C61H38N4O2. The lowest BCUT2D eigenvalue weighted by Gasteiger charge is -2.30. The second kappa shape index (κ2) is 14.5. The summed E-state index contributed by atoms with van der Waals surface area (Å²) in [6.07, 6.45) is 0. The molecule has 0 bridgehead atoms. The van der Waals surface area contributed by atoms with Gasteiger partial charge in [-0.3, -0.25) is 0 Å². The van der Waals surface area contributed by atoms with Gasteiger partial charge in [0.05, 0.1) is 46.0 Å². The molecule has 67 heavy (non-hydrogen) atoms. The third kappa shape index (κ3) is 5.61. The van der Waals surface area contributed by atoms with E-state index in [4.69, 9.17) is 8.83 Å². The summed E-state index contributed by atoms with van der Waals surface area (Å²) in [7, 11) is 0. The molecule has 6 heteroatoms. The average molecular weight is 859 g/mol. The van der Waals surface area contributed by atoms with Crippen LogP contribution in [0.2, 0.25) is 0 Å². The van der Waals surface area contributed by atoms with Crippen molar-refractivity contribution in [1.29, 1.82) is 10.5 Å². The number of benzene rings is 10. The first-order valence-corrected chi connectivity index (χ1v) is 22.5. The van der Waals surface area contributed by atoms with Gasteiger partial charge in [0, 0.05) is 49.1 Å². The molecule has 0 saturated heterocycles. The molecule has 0 radical (unpaired) electrons. The van der Waals surface area contributed by atoms with Crippen molar-refractivity contribution in [2.75, 3.05) is 9.80 Å². The summed E-state index contributed by atoms with van der Waals surface area (Å²) in [6.45, 7) is 4.70. The van der Waals surface area contributed by atoms with Gasteiger partial charge in [-0.2, -0.15) is 10.5 Å². The van der Waals surface area contributed by atoms with Crippen LogP contribution in [0.1, 0.15) is 36.1 Å². The van der Waals surface area contributed by atoms with E-state index in [0.717, 1.165) is 105 Å². The maximum Gasteiger partial charge on any atom is 0.159 e. The van der Waals surface area contributed by atoms with E-state index in [1.807, 2.05) is 84.9 Å². The first kappa shape index (κ1) is 38.4. The van der Waals surface area contributed by atoms with Crippen LogP contribution in [0.25, 0.3) is 76.5 Å². The fourth-order valence-electron chi connectivity index (χ4n) is 10.9. The number of fused-ring (bicyclic) bond motifs is 13. The number of hydrogen-bond donors (Lipinski definition) is 0. The van der Waals surface area contributed by atoms with Crippen LogP contribution in [0.3, 0.4) is 0 Å². The highest BCUT2D eigenvalue weighted by molar-refractivity contribution is 6.18. The largest absolute Gasteiger partial charge is 0.454 e. The Balaban J connectivity index is 1.10. The van der Waals surface area contributed by atoms with Gasteiger partial charge in [0.25, 0.3) is 0 Å². The zero-order valence-electron chi connectivity index (χ0n) is 36.6. The Morgan fingerprint density at radius 1 is 0.403 bits per heavy atom. The molecule has 1 aliphatic rings. The summed E-state index contributed by atoms with van der Waals surface area (Å²) in [5, 5.41) is 28.4. The lowest BCUT2D eigenvalue weighted by atomic mass is 9.79. The first-order chi connectivity index (χ1) is 32.9. The quantitative estimate of drug-likeness (QED) is 0.166. The van der Waals surface area contributed by atoms with Crippen molar-refractivity contribution in [3.05, 3.63) is 216 Å². The lowest BCUT2D eigenvalue weighted by molar-refractivity contribution is 0.666. The highest BCUT2D eigenvalue weighted by Crippen LogP contribution is 2.59. The molecule has 1 aliphatic carbocycles. The Bertz CT molecular complexity index is 4110. The maximum absolute atomic E-state index is 9.88. The summed E-state index contributed by atoms with van der Waals surface area (Å²) in [4.78, 5) is 4.61. The topological polar surface area (TPSA) is 80.3 Å². The number of furan rings is 2. The lowest BCUT2D eigenvalue weighted by Crippen LogP contribution is -2.18. The van der Waals surface area contributed by atoms with Crippen LogP contribution in [0, 0.1) is 22.7 Å². The second-order valence-corrected chi connectivity index (χ2v) is 17.8. The molecule has 0 spiro atoms. The van der Waals surface area contributed by atoms with Crippen LogP contribution in [0.15, 0.2) is 203 Å². The minimum Gasteiger partial charge on any atom is -0.454 e. The number of rotatable bonds is 6. The van der Waals surface area contributed by atoms with Gasteiger partial charge in [-0.25, -0.2) is 0 Å². The van der Waals surface area contributed by atoms with E-state index in [2.05, 4.69) is 145 Å². The molecule has 0 saturated carbocycles. The normalized spacial score (nSPS) is 12.7. The van der Waals surface area contributed by atoms with Crippen molar-refractivity contribution in [2.24, 2.45) is 0 Å². The summed E-state index contributed by atoms with van der Waals surface area (Å²) in [6, 6.07) is 71.6. The molecule has 13 rings (SSSR count). The Hall–Kier alpha value is -9.10. The SMILES string of the molecule is CC1(C)c2cc(N(c3ccc(C#N)cc3)c3cccc4c3oc3ccccc34)c3ccccc3c2-c2cc(N(c3ccc(C#N)cc3)c3cccc4c3oc3ccccc34)c3ccccc3c21. The van der Waals surface area contributed by atoms with Gasteiger partial charge in [0.15, 0.2) is 11.2 Å². The fraction of sp³-hybridized carbons (Fsp3) is 0.0492. The van der Waals surface area contributed by atoms with Gasteiger partial charge in [0.2, 0.25) is 0 Å². The number of nitrogens with zero attached hydrogens (tertiary/aromatic N) is 4. The highest BCUT2D eigenvalue weighted by atomic mass is 16.3. The van der Waals surface area contributed by atoms with Crippen molar-refractivity contribution < 1.29 is 8.83 Å². The van der Waals surface area contributed by atoms with Crippen LogP contribution in [0.5, 0.6) is 0 Å². The molecular weight excluding hydrogens is 821 g/mol. The van der Waals surface area contributed by atoms with Crippen LogP contribution in [-0.4, -0.2) is 0 Å². The predicted octanol–water partition coefficient (Wildman–Crippen LogP) is 16.8. The molecule has 2 heterocycles. The molecule has 0 atom stereocenters. The van der Waals surface area contributed by atoms with Gasteiger partial charge in [-0.05, 0) is 118 Å². The van der Waals surface area contributed by atoms with Gasteiger partial charge >= 0.3 is 0 Å². The smallest absolute Gasteiger partial charge is 0.159 e. The van der Waals surface area contributed by atoms with Gasteiger partial charge in [-0.1, -0.05) is 123 Å². The molecule has 6 nitrogen and oxygen atoms in total. The van der Waals surface area contributed by atoms with Crippen LogP contribution in [-0.2, 0) is 5.41 Å². The minimum atomic E-state index is -0.443. The van der Waals surface area contributed by atoms with E-state index >= 15 is 0 Å². The van der Waals surface area contributed by atoms with E-state index in [1.165, 1.54) is 16.7 Å². The molecule has 10 aromatic carbocycles. The number of para-hydroxylation sites is 4. The molecule has 0 unspecified atom stereocenters. The molecule has 12 aromatic rings. The second-order valence-electron chi connectivity index (χ2n) is 17.8. The third-order valence-corrected chi connectivity index (χ3v) is 13.9. The van der Waals surface area contributed by atoms with E-state index in [9.17, 15) is 10.5 Å². The standard InChI is InChI=1S/C61H38N4O2/c1-61(2)50-34-54(65(40-31-27-38(36-63)28-32-40)52-22-12-20-48-44-16-8-10-24-56(44)67-60(48)52)41-13-3-5-17-45(41)57(50)49-33-53(42-14-4-6-18-46(42)58(49)61)64(39-29-25-37(35-62)26-30-39)51-21-11-19-47-43-15-7-9-23-55(43)66-59(47)51/h3-34H,1-2H3. The summed E-state index contributed by atoms with van der Waals surface area (Å²) in [5.41, 5.74) is 14.4. The minimum absolute atomic E-state index is 0.443. The van der Waals surface area contributed by atoms with Crippen molar-refractivity contribution in [3.8, 4) is 23.3 Å².